The van der Waals surface area contributed by atoms with Gasteiger partial charge in [0.2, 0.25) is 0 Å². The lowest BCUT2D eigenvalue weighted by atomic mass is 9.93. The van der Waals surface area contributed by atoms with Crippen molar-refractivity contribution in [3.8, 4) is 11.5 Å². The van der Waals surface area contributed by atoms with Crippen molar-refractivity contribution in [2.75, 3.05) is 33.4 Å². The summed E-state index contributed by atoms with van der Waals surface area (Å²) in [4.78, 5) is 14.2. The van der Waals surface area contributed by atoms with Crippen LogP contribution in [0.25, 0.3) is 0 Å². The van der Waals surface area contributed by atoms with Gasteiger partial charge in [0.1, 0.15) is 13.2 Å². The Labute approximate surface area is 133 Å². The summed E-state index contributed by atoms with van der Waals surface area (Å²) in [6, 6.07) is 3.50. The summed E-state index contributed by atoms with van der Waals surface area (Å²) in [5.74, 6) is 1.20. The van der Waals surface area contributed by atoms with Gasteiger partial charge in [-0.05, 0) is 40.0 Å². The number of carbonyl (C=O) groups is 1. The fraction of sp³-hybridized carbons (Fsp3) is 0.533. The number of rotatable bonds is 4. The van der Waals surface area contributed by atoms with Crippen LogP contribution in [-0.2, 0) is 0 Å². The van der Waals surface area contributed by atoms with Crippen molar-refractivity contribution in [2.24, 2.45) is 11.1 Å². The minimum atomic E-state index is -0.116. The van der Waals surface area contributed by atoms with E-state index in [0.29, 0.717) is 43.4 Å². The molecule has 0 unspecified atom stereocenters. The lowest BCUT2D eigenvalue weighted by Gasteiger charge is -2.29. The van der Waals surface area contributed by atoms with Gasteiger partial charge < -0.3 is 20.1 Å². The van der Waals surface area contributed by atoms with Crippen molar-refractivity contribution in [3.05, 3.63) is 22.2 Å². The van der Waals surface area contributed by atoms with Crippen LogP contribution in [0.15, 0.2) is 16.6 Å². The predicted octanol–water partition coefficient (Wildman–Crippen LogP) is 2.28. The Morgan fingerprint density at radius 1 is 1.38 bits per heavy atom. The van der Waals surface area contributed by atoms with E-state index in [-0.39, 0.29) is 11.3 Å². The Hall–Kier alpha value is -1.27. The van der Waals surface area contributed by atoms with Gasteiger partial charge in [0.05, 0.1) is 4.47 Å². The summed E-state index contributed by atoms with van der Waals surface area (Å²) in [6.07, 6.45) is 0. The smallest absolute Gasteiger partial charge is 0.253 e. The van der Waals surface area contributed by atoms with Crippen LogP contribution in [0.5, 0.6) is 11.5 Å². The molecule has 2 N–H and O–H groups in total. The zero-order valence-corrected chi connectivity index (χ0v) is 14.2. The van der Waals surface area contributed by atoms with Gasteiger partial charge in [-0.1, -0.05) is 13.8 Å². The monoisotopic (exact) mass is 356 g/mol. The zero-order chi connectivity index (χ0) is 15.6. The predicted molar refractivity (Wildman–Crippen MR) is 84.9 cm³/mol. The maximum atomic E-state index is 12.5. The van der Waals surface area contributed by atoms with Crippen molar-refractivity contribution >= 4 is 21.8 Å². The molecule has 0 saturated carbocycles. The van der Waals surface area contributed by atoms with Crippen LogP contribution in [-0.4, -0.2) is 44.2 Å². The van der Waals surface area contributed by atoms with Gasteiger partial charge in [0.15, 0.2) is 11.5 Å². The molecule has 21 heavy (non-hydrogen) atoms. The molecule has 0 radical (unpaired) electrons. The Bertz CT molecular complexity index is 546. The number of carbonyl (C=O) groups excluding carboxylic acids is 1. The van der Waals surface area contributed by atoms with Crippen LogP contribution in [0.4, 0.5) is 0 Å². The highest BCUT2D eigenvalue weighted by Gasteiger charge is 2.24. The number of nitrogens with zero attached hydrogens (tertiary/aromatic N) is 1. The van der Waals surface area contributed by atoms with Crippen molar-refractivity contribution in [1.82, 2.24) is 4.90 Å². The minimum absolute atomic E-state index is 0.0609. The first-order chi connectivity index (χ1) is 9.84. The Morgan fingerprint density at radius 3 is 2.71 bits per heavy atom. The number of amides is 1. The van der Waals surface area contributed by atoms with E-state index in [1.807, 2.05) is 13.8 Å². The minimum Gasteiger partial charge on any atom is -0.486 e. The second-order valence-corrected chi connectivity index (χ2v) is 6.87. The molecule has 2 rings (SSSR count). The molecule has 5 nitrogen and oxygen atoms in total. The van der Waals surface area contributed by atoms with Gasteiger partial charge in [-0.2, -0.15) is 0 Å². The first kappa shape index (κ1) is 16.1. The van der Waals surface area contributed by atoms with Gasteiger partial charge >= 0.3 is 0 Å². The van der Waals surface area contributed by atoms with Crippen molar-refractivity contribution in [2.45, 2.75) is 13.8 Å². The molecule has 1 aliphatic rings. The topological polar surface area (TPSA) is 64.8 Å². The van der Waals surface area contributed by atoms with Gasteiger partial charge in [-0.3, -0.25) is 4.79 Å². The van der Waals surface area contributed by atoms with Crippen LogP contribution in [0.3, 0.4) is 0 Å². The standard InChI is InChI=1S/C15H21BrN2O3/c1-15(2,8-17)9-18(3)14(19)10-6-11(16)13-12(7-10)20-4-5-21-13/h6-7H,4-5,8-9,17H2,1-3H3. The van der Waals surface area contributed by atoms with E-state index in [9.17, 15) is 4.79 Å². The van der Waals surface area contributed by atoms with E-state index >= 15 is 0 Å². The van der Waals surface area contributed by atoms with E-state index in [2.05, 4.69) is 15.9 Å². The molecule has 0 bridgehead atoms. The van der Waals surface area contributed by atoms with Crippen LogP contribution < -0.4 is 15.2 Å². The molecule has 0 aromatic heterocycles. The van der Waals surface area contributed by atoms with Crippen LogP contribution >= 0.6 is 15.9 Å². The Balaban J connectivity index is 2.21. The number of hydrogen-bond acceptors (Lipinski definition) is 4. The van der Waals surface area contributed by atoms with Gasteiger partial charge in [0.25, 0.3) is 5.91 Å². The summed E-state index contributed by atoms with van der Waals surface area (Å²) in [7, 11) is 1.78. The van der Waals surface area contributed by atoms with Gasteiger partial charge in [-0.15, -0.1) is 0 Å². The maximum absolute atomic E-state index is 12.5. The van der Waals surface area contributed by atoms with Gasteiger partial charge in [0, 0.05) is 19.2 Å². The molecule has 1 amide bonds. The van der Waals surface area contributed by atoms with Crippen molar-refractivity contribution < 1.29 is 14.3 Å². The summed E-state index contributed by atoms with van der Waals surface area (Å²) in [6.45, 7) is 6.20. The molecule has 1 heterocycles. The lowest BCUT2D eigenvalue weighted by Crippen LogP contribution is -2.39. The van der Waals surface area contributed by atoms with Crippen molar-refractivity contribution in [1.29, 1.82) is 0 Å². The van der Waals surface area contributed by atoms with Crippen LogP contribution in [0.2, 0.25) is 0 Å². The van der Waals surface area contributed by atoms with Crippen LogP contribution in [0, 0.1) is 5.41 Å². The molecule has 0 fully saturated rings. The molecule has 0 atom stereocenters. The molecular weight excluding hydrogens is 336 g/mol. The first-order valence-electron chi connectivity index (χ1n) is 6.89. The highest BCUT2D eigenvalue weighted by Crippen LogP contribution is 2.38. The quantitative estimate of drug-likeness (QED) is 0.898. The average molecular weight is 357 g/mol. The first-order valence-corrected chi connectivity index (χ1v) is 7.68. The Morgan fingerprint density at radius 2 is 2.05 bits per heavy atom. The summed E-state index contributed by atoms with van der Waals surface area (Å²) in [5, 5.41) is 0. The second kappa shape index (κ2) is 6.23. The van der Waals surface area contributed by atoms with E-state index in [0.717, 1.165) is 4.47 Å². The molecule has 0 saturated heterocycles. The molecule has 1 aromatic rings. The van der Waals surface area contributed by atoms with E-state index in [1.54, 1.807) is 24.1 Å². The molecule has 1 aromatic carbocycles. The average Bonchev–Trinajstić information content (AvgIpc) is 2.46. The molecule has 0 aliphatic carbocycles. The third-order valence-corrected chi connectivity index (χ3v) is 4.00. The summed E-state index contributed by atoms with van der Waals surface area (Å²) in [5.41, 5.74) is 6.18. The number of nitrogens with two attached hydrogens (primary N) is 1. The molecule has 116 valence electrons. The van der Waals surface area contributed by atoms with E-state index in [1.165, 1.54) is 0 Å². The third kappa shape index (κ3) is 3.68. The van der Waals surface area contributed by atoms with Gasteiger partial charge in [-0.25, -0.2) is 0 Å². The number of ether oxygens (including phenoxy) is 2. The largest absolute Gasteiger partial charge is 0.486 e. The van der Waals surface area contributed by atoms with Crippen molar-refractivity contribution in [3.63, 3.8) is 0 Å². The maximum Gasteiger partial charge on any atom is 0.253 e. The molecule has 6 heteroatoms. The second-order valence-electron chi connectivity index (χ2n) is 6.01. The summed E-state index contributed by atoms with van der Waals surface area (Å²) < 4.78 is 11.8. The third-order valence-electron chi connectivity index (χ3n) is 3.41. The number of halogens is 1. The number of fused-ring (bicyclic) bond motifs is 1. The van der Waals surface area contributed by atoms with E-state index in [4.69, 9.17) is 15.2 Å². The summed E-state index contributed by atoms with van der Waals surface area (Å²) >= 11 is 3.43. The zero-order valence-electron chi connectivity index (χ0n) is 12.6. The van der Waals surface area contributed by atoms with E-state index < -0.39 is 0 Å². The fourth-order valence-electron chi connectivity index (χ4n) is 2.23. The van der Waals surface area contributed by atoms with Crippen LogP contribution in [0.1, 0.15) is 24.2 Å². The fourth-order valence-corrected chi connectivity index (χ4v) is 2.79. The lowest BCUT2D eigenvalue weighted by molar-refractivity contribution is 0.0739. The number of benzene rings is 1. The molecular formula is C15H21BrN2O3. The molecule has 0 spiro atoms. The number of hydrogen-bond donors (Lipinski definition) is 1. The highest BCUT2D eigenvalue weighted by molar-refractivity contribution is 9.10. The Kier molecular flexibility index (Phi) is 4.78. The molecule has 1 aliphatic heterocycles. The highest BCUT2D eigenvalue weighted by atomic mass is 79.9. The SMILES string of the molecule is CN(CC(C)(C)CN)C(=O)c1cc(Br)c2c(c1)OCCO2. The normalized spacial score (nSPS) is 14.0.